The van der Waals surface area contributed by atoms with Gasteiger partial charge < -0.3 is 10.6 Å². The monoisotopic (exact) mass is 387 g/mol. The molecule has 2 rings (SSSR count). The van der Waals surface area contributed by atoms with Crippen LogP contribution in [0.1, 0.15) is 39.5 Å². The zero-order valence-corrected chi connectivity index (χ0v) is 16.2. The normalized spacial score (nSPS) is 18.9. The van der Waals surface area contributed by atoms with E-state index in [1.807, 2.05) is 0 Å². The standard InChI is InChI=1S/C16H25N3O4S2/c1-12(2)18-16(21)15(20)17-9-8-13-6-3-4-10-19(13)25(22,23)14-7-5-11-24-14/h5,7,11-13H,3-4,6,8-10H2,1-2H3,(H,17,20)(H,18,21)/t13-/m1/s1. The molecule has 0 saturated carbocycles. The smallest absolute Gasteiger partial charge is 0.309 e. The van der Waals surface area contributed by atoms with Gasteiger partial charge in [-0.05, 0) is 44.6 Å². The van der Waals surface area contributed by atoms with Gasteiger partial charge in [0.25, 0.3) is 10.0 Å². The Kier molecular flexibility index (Phi) is 6.97. The highest BCUT2D eigenvalue weighted by atomic mass is 32.2. The van der Waals surface area contributed by atoms with Gasteiger partial charge in [-0.3, -0.25) is 9.59 Å². The second-order valence-electron chi connectivity index (χ2n) is 6.37. The molecule has 1 saturated heterocycles. The number of hydrogen-bond acceptors (Lipinski definition) is 5. The number of piperidine rings is 1. The predicted octanol–water partition coefficient (Wildman–Crippen LogP) is 1.32. The molecule has 0 radical (unpaired) electrons. The number of nitrogens with zero attached hydrogens (tertiary/aromatic N) is 1. The van der Waals surface area contributed by atoms with Crippen LogP contribution >= 0.6 is 11.3 Å². The topological polar surface area (TPSA) is 95.6 Å². The second-order valence-corrected chi connectivity index (χ2v) is 9.44. The van der Waals surface area contributed by atoms with Crippen molar-refractivity contribution in [1.29, 1.82) is 0 Å². The van der Waals surface area contributed by atoms with E-state index in [0.29, 0.717) is 17.2 Å². The molecule has 0 spiro atoms. The molecule has 7 nitrogen and oxygen atoms in total. The Hall–Kier alpha value is -1.45. The molecule has 25 heavy (non-hydrogen) atoms. The Morgan fingerprint density at radius 2 is 2.08 bits per heavy atom. The average Bonchev–Trinajstić information content (AvgIpc) is 3.09. The van der Waals surface area contributed by atoms with Gasteiger partial charge in [0, 0.05) is 25.2 Å². The summed E-state index contributed by atoms with van der Waals surface area (Å²) in [6.07, 6.45) is 3.05. The van der Waals surface area contributed by atoms with E-state index in [1.165, 1.54) is 11.3 Å². The van der Waals surface area contributed by atoms with E-state index >= 15 is 0 Å². The lowest BCUT2D eigenvalue weighted by Gasteiger charge is -2.34. The van der Waals surface area contributed by atoms with Crippen LogP contribution in [0.25, 0.3) is 0 Å². The van der Waals surface area contributed by atoms with Crippen molar-refractivity contribution in [3.05, 3.63) is 17.5 Å². The van der Waals surface area contributed by atoms with Crippen LogP contribution in [0.4, 0.5) is 0 Å². The number of thiophene rings is 1. The molecule has 2 N–H and O–H groups in total. The van der Waals surface area contributed by atoms with Crippen LogP contribution in [0, 0.1) is 0 Å². The summed E-state index contributed by atoms with van der Waals surface area (Å²) < 4.78 is 27.4. The molecular formula is C16H25N3O4S2. The maximum Gasteiger partial charge on any atom is 0.309 e. The van der Waals surface area contributed by atoms with Crippen molar-refractivity contribution < 1.29 is 18.0 Å². The summed E-state index contributed by atoms with van der Waals surface area (Å²) in [6, 6.07) is 3.07. The van der Waals surface area contributed by atoms with E-state index in [1.54, 1.807) is 35.7 Å². The van der Waals surface area contributed by atoms with E-state index in [9.17, 15) is 18.0 Å². The quantitative estimate of drug-likeness (QED) is 0.720. The Labute approximate surface area is 152 Å². The number of amides is 2. The summed E-state index contributed by atoms with van der Waals surface area (Å²) in [5.74, 6) is -1.35. The van der Waals surface area contributed by atoms with Gasteiger partial charge in [0.1, 0.15) is 4.21 Å². The second kappa shape index (κ2) is 8.77. The lowest BCUT2D eigenvalue weighted by molar-refractivity contribution is -0.139. The Bertz CT molecular complexity index is 686. The zero-order valence-electron chi connectivity index (χ0n) is 14.5. The summed E-state index contributed by atoms with van der Waals surface area (Å²) in [5, 5.41) is 6.85. The van der Waals surface area contributed by atoms with Crippen LogP contribution < -0.4 is 10.6 Å². The molecule has 0 unspecified atom stereocenters. The molecule has 1 aromatic heterocycles. The zero-order chi connectivity index (χ0) is 18.4. The van der Waals surface area contributed by atoms with Crippen molar-refractivity contribution >= 4 is 33.2 Å². The summed E-state index contributed by atoms with van der Waals surface area (Å²) in [6.45, 7) is 4.32. The van der Waals surface area contributed by atoms with Crippen molar-refractivity contribution in [1.82, 2.24) is 14.9 Å². The van der Waals surface area contributed by atoms with E-state index in [4.69, 9.17) is 0 Å². The van der Waals surface area contributed by atoms with Crippen molar-refractivity contribution in [2.45, 2.75) is 55.8 Å². The average molecular weight is 388 g/mol. The molecule has 1 aliphatic heterocycles. The van der Waals surface area contributed by atoms with Crippen molar-refractivity contribution in [2.75, 3.05) is 13.1 Å². The van der Waals surface area contributed by atoms with Gasteiger partial charge in [0.15, 0.2) is 0 Å². The van der Waals surface area contributed by atoms with Crippen LogP contribution in [0.5, 0.6) is 0 Å². The highest BCUT2D eigenvalue weighted by Crippen LogP contribution is 2.28. The summed E-state index contributed by atoms with van der Waals surface area (Å²) >= 11 is 1.21. The Morgan fingerprint density at radius 3 is 2.72 bits per heavy atom. The number of nitrogens with one attached hydrogen (secondary N) is 2. The number of carbonyl (C=O) groups is 2. The van der Waals surface area contributed by atoms with Crippen LogP contribution in [0.3, 0.4) is 0 Å². The summed E-state index contributed by atoms with van der Waals surface area (Å²) in [5.41, 5.74) is 0. The third-order valence-corrected chi connectivity index (χ3v) is 7.35. The van der Waals surface area contributed by atoms with Gasteiger partial charge in [0.05, 0.1) is 0 Å². The molecule has 0 aliphatic carbocycles. The highest BCUT2D eigenvalue weighted by molar-refractivity contribution is 7.91. The largest absolute Gasteiger partial charge is 0.348 e. The van der Waals surface area contributed by atoms with Crippen molar-refractivity contribution in [3.63, 3.8) is 0 Å². The number of hydrogen-bond donors (Lipinski definition) is 2. The van der Waals surface area contributed by atoms with Crippen LogP contribution in [0.2, 0.25) is 0 Å². The van der Waals surface area contributed by atoms with Gasteiger partial charge in [-0.2, -0.15) is 4.31 Å². The summed E-state index contributed by atoms with van der Waals surface area (Å²) in [7, 11) is -3.49. The third kappa shape index (κ3) is 5.26. The van der Waals surface area contributed by atoms with Gasteiger partial charge in [-0.15, -0.1) is 11.3 Å². The van der Waals surface area contributed by atoms with E-state index < -0.39 is 21.8 Å². The van der Waals surface area contributed by atoms with Crippen LogP contribution in [-0.4, -0.2) is 49.7 Å². The van der Waals surface area contributed by atoms with Gasteiger partial charge in [-0.1, -0.05) is 12.5 Å². The first-order valence-electron chi connectivity index (χ1n) is 8.46. The minimum absolute atomic E-state index is 0.108. The van der Waals surface area contributed by atoms with Crippen molar-refractivity contribution in [3.8, 4) is 0 Å². The molecule has 2 amide bonds. The predicted molar refractivity (Wildman–Crippen MR) is 96.8 cm³/mol. The first-order valence-corrected chi connectivity index (χ1v) is 10.8. The third-order valence-electron chi connectivity index (χ3n) is 4.02. The summed E-state index contributed by atoms with van der Waals surface area (Å²) in [4.78, 5) is 23.3. The van der Waals surface area contributed by atoms with Gasteiger partial charge in [-0.25, -0.2) is 8.42 Å². The molecule has 2 heterocycles. The maximum absolute atomic E-state index is 12.8. The molecular weight excluding hydrogens is 362 g/mol. The Morgan fingerprint density at radius 1 is 1.32 bits per heavy atom. The molecule has 1 atom stereocenters. The molecule has 0 aromatic carbocycles. The highest BCUT2D eigenvalue weighted by Gasteiger charge is 2.33. The minimum atomic E-state index is -3.49. The molecule has 1 aliphatic rings. The molecule has 140 valence electrons. The molecule has 0 bridgehead atoms. The fraction of sp³-hybridized carbons (Fsp3) is 0.625. The number of carbonyl (C=O) groups excluding carboxylic acids is 2. The van der Waals surface area contributed by atoms with Gasteiger partial charge >= 0.3 is 11.8 Å². The minimum Gasteiger partial charge on any atom is -0.348 e. The Balaban J connectivity index is 1.93. The molecule has 1 aromatic rings. The van der Waals surface area contributed by atoms with E-state index in [2.05, 4.69) is 10.6 Å². The molecule has 1 fully saturated rings. The first kappa shape index (κ1) is 19.9. The van der Waals surface area contributed by atoms with E-state index in [0.717, 1.165) is 19.3 Å². The SMILES string of the molecule is CC(C)NC(=O)C(=O)NCC[C@H]1CCCCN1S(=O)(=O)c1cccs1. The molecule has 9 heteroatoms. The number of sulfonamides is 1. The fourth-order valence-electron chi connectivity index (χ4n) is 2.87. The van der Waals surface area contributed by atoms with Crippen LogP contribution in [0.15, 0.2) is 21.7 Å². The maximum atomic E-state index is 12.8. The lowest BCUT2D eigenvalue weighted by Crippen LogP contribution is -2.46. The van der Waals surface area contributed by atoms with Gasteiger partial charge in [0.2, 0.25) is 0 Å². The van der Waals surface area contributed by atoms with Crippen molar-refractivity contribution in [2.24, 2.45) is 0 Å². The van der Waals surface area contributed by atoms with E-state index in [-0.39, 0.29) is 18.6 Å². The lowest BCUT2D eigenvalue weighted by atomic mass is 10.0. The number of rotatable bonds is 6. The van der Waals surface area contributed by atoms with Crippen LogP contribution in [-0.2, 0) is 19.6 Å². The first-order chi connectivity index (χ1) is 11.8. The fourth-order valence-corrected chi connectivity index (χ4v) is 5.71.